The third kappa shape index (κ3) is 4.21. The van der Waals surface area contributed by atoms with E-state index in [1.54, 1.807) is 0 Å². The second kappa shape index (κ2) is 8.85. The normalized spacial score (nSPS) is 10.8. The van der Waals surface area contributed by atoms with Crippen molar-refractivity contribution in [3.05, 3.63) is 60.2 Å². The number of hydrogen-bond acceptors (Lipinski definition) is 3. The molecule has 3 aromatic rings. The van der Waals surface area contributed by atoms with E-state index in [2.05, 4.69) is 65.3 Å². The van der Waals surface area contributed by atoms with Crippen molar-refractivity contribution in [1.29, 1.82) is 0 Å². The number of benzene rings is 3. The number of hydrazine groups is 1. The molecular weight excluding hydrogens is 306 g/mol. The Morgan fingerprint density at radius 2 is 1.35 bits per heavy atom. The van der Waals surface area contributed by atoms with Gasteiger partial charge in [-0.05, 0) is 52.6 Å². The fraction of sp³-hybridized carbons (Fsp3) is 0.263. The molecule has 122 valence electrons. The molecule has 0 unspecified atom stereocenters. The van der Waals surface area contributed by atoms with Crippen LogP contribution in [0.2, 0.25) is 0 Å². The van der Waals surface area contributed by atoms with E-state index in [4.69, 9.17) is 5.84 Å². The van der Waals surface area contributed by atoms with E-state index in [0.717, 1.165) is 32.5 Å². The molecule has 0 atom stereocenters. The van der Waals surface area contributed by atoms with Crippen LogP contribution in [0.4, 0.5) is 0 Å². The van der Waals surface area contributed by atoms with E-state index in [-0.39, 0.29) is 12.4 Å². The first-order valence-electron chi connectivity index (χ1n) is 7.93. The van der Waals surface area contributed by atoms with Crippen molar-refractivity contribution in [2.45, 2.75) is 19.4 Å². The summed E-state index contributed by atoms with van der Waals surface area (Å²) in [4.78, 5) is 0. The molecule has 0 heterocycles. The molecule has 3 rings (SSSR count). The first kappa shape index (κ1) is 17.7. The lowest BCUT2D eigenvalue weighted by Gasteiger charge is -2.12. The van der Waals surface area contributed by atoms with Gasteiger partial charge in [-0.3, -0.25) is 11.3 Å². The van der Waals surface area contributed by atoms with Crippen molar-refractivity contribution in [1.82, 2.24) is 10.7 Å². The molecule has 0 aliphatic carbocycles. The Labute approximate surface area is 143 Å². The van der Waals surface area contributed by atoms with Crippen LogP contribution in [0.1, 0.15) is 18.4 Å². The number of unbranched alkanes of at least 4 members (excludes halogenated alkanes) is 1. The maximum atomic E-state index is 5.29. The van der Waals surface area contributed by atoms with Crippen molar-refractivity contribution >= 4 is 34.0 Å². The summed E-state index contributed by atoms with van der Waals surface area (Å²) in [6.07, 6.45) is 2.23. The Kier molecular flexibility index (Phi) is 6.81. The van der Waals surface area contributed by atoms with Crippen LogP contribution in [0, 0.1) is 0 Å². The fourth-order valence-electron chi connectivity index (χ4n) is 2.99. The molecule has 0 fully saturated rings. The average molecular weight is 330 g/mol. The van der Waals surface area contributed by atoms with E-state index >= 15 is 0 Å². The molecule has 3 nitrogen and oxygen atoms in total. The lowest BCUT2D eigenvalue weighted by atomic mass is 9.97. The van der Waals surface area contributed by atoms with Gasteiger partial charge in [0.1, 0.15) is 0 Å². The molecule has 3 aromatic carbocycles. The van der Waals surface area contributed by atoms with Crippen molar-refractivity contribution in [2.75, 3.05) is 13.1 Å². The average Bonchev–Trinajstić information content (AvgIpc) is 2.57. The number of fused-ring (bicyclic) bond motifs is 2. The number of rotatable bonds is 7. The lowest BCUT2D eigenvalue weighted by molar-refractivity contribution is 0.594. The fourth-order valence-corrected chi connectivity index (χ4v) is 2.99. The van der Waals surface area contributed by atoms with E-state index in [1.165, 1.54) is 27.1 Å². The maximum Gasteiger partial charge on any atom is 0.0217 e. The topological polar surface area (TPSA) is 50.1 Å². The van der Waals surface area contributed by atoms with Crippen LogP contribution in [0.15, 0.2) is 54.6 Å². The van der Waals surface area contributed by atoms with Gasteiger partial charge in [-0.15, -0.1) is 12.4 Å². The van der Waals surface area contributed by atoms with E-state index < -0.39 is 0 Å². The molecule has 0 saturated heterocycles. The van der Waals surface area contributed by atoms with Gasteiger partial charge in [-0.25, -0.2) is 0 Å². The van der Waals surface area contributed by atoms with Gasteiger partial charge < -0.3 is 5.32 Å². The van der Waals surface area contributed by atoms with Gasteiger partial charge in [-0.1, -0.05) is 48.5 Å². The highest BCUT2D eigenvalue weighted by molar-refractivity contribution is 6.02. The zero-order chi connectivity index (χ0) is 15.2. The van der Waals surface area contributed by atoms with Gasteiger partial charge in [0, 0.05) is 13.1 Å². The molecule has 0 aliphatic rings. The number of hydrogen-bond donors (Lipinski definition) is 3. The minimum absolute atomic E-state index is 0. The predicted molar refractivity (Wildman–Crippen MR) is 102 cm³/mol. The van der Waals surface area contributed by atoms with E-state index in [1.807, 2.05) is 0 Å². The summed E-state index contributed by atoms with van der Waals surface area (Å²) in [6.45, 7) is 2.79. The molecule has 0 bridgehead atoms. The second-order valence-corrected chi connectivity index (χ2v) is 5.64. The second-order valence-electron chi connectivity index (χ2n) is 5.64. The van der Waals surface area contributed by atoms with Crippen LogP contribution in [0.5, 0.6) is 0 Å². The van der Waals surface area contributed by atoms with Crippen LogP contribution in [0.25, 0.3) is 21.5 Å². The van der Waals surface area contributed by atoms with Crippen molar-refractivity contribution in [3.8, 4) is 0 Å². The highest BCUT2D eigenvalue weighted by Crippen LogP contribution is 2.28. The Balaban J connectivity index is 0.00000192. The number of halogens is 1. The molecule has 0 saturated carbocycles. The smallest absolute Gasteiger partial charge is 0.0217 e. The highest BCUT2D eigenvalue weighted by atomic mass is 35.5. The first-order valence-corrected chi connectivity index (χ1v) is 7.93. The highest BCUT2D eigenvalue weighted by Gasteiger charge is 2.06. The summed E-state index contributed by atoms with van der Waals surface area (Å²) < 4.78 is 0. The Morgan fingerprint density at radius 1 is 0.783 bits per heavy atom. The summed E-state index contributed by atoms with van der Waals surface area (Å²) in [6, 6.07) is 19.6. The molecule has 0 amide bonds. The van der Waals surface area contributed by atoms with Gasteiger partial charge in [0.05, 0.1) is 0 Å². The maximum absolute atomic E-state index is 5.29. The van der Waals surface area contributed by atoms with Crippen molar-refractivity contribution in [3.63, 3.8) is 0 Å². The molecule has 4 heteroatoms. The summed E-state index contributed by atoms with van der Waals surface area (Å²) in [5.74, 6) is 5.29. The summed E-state index contributed by atoms with van der Waals surface area (Å²) in [5.41, 5.74) is 4.09. The number of nitrogens with two attached hydrogens (primary N) is 1. The standard InChI is InChI=1S/C19H23N3.ClH/c20-22-12-6-5-11-21-14-19-17-9-3-1-7-15(17)13-16-8-2-4-10-18(16)19;/h1-4,7-10,13,21-22H,5-6,11-12,14,20H2;1H. The minimum Gasteiger partial charge on any atom is -0.313 e. The van der Waals surface area contributed by atoms with Crippen LogP contribution in [-0.4, -0.2) is 13.1 Å². The summed E-state index contributed by atoms with van der Waals surface area (Å²) in [5, 5.41) is 8.89. The molecular formula is C19H24ClN3. The third-order valence-corrected chi connectivity index (χ3v) is 4.11. The van der Waals surface area contributed by atoms with E-state index in [0.29, 0.717) is 0 Å². The molecule has 0 spiro atoms. The minimum atomic E-state index is 0. The summed E-state index contributed by atoms with van der Waals surface area (Å²) >= 11 is 0. The van der Waals surface area contributed by atoms with E-state index in [9.17, 15) is 0 Å². The first-order chi connectivity index (χ1) is 10.9. The monoisotopic (exact) mass is 329 g/mol. The van der Waals surface area contributed by atoms with Gasteiger partial charge in [0.15, 0.2) is 0 Å². The Hall–Kier alpha value is -1.65. The van der Waals surface area contributed by atoms with Crippen LogP contribution in [0.3, 0.4) is 0 Å². The van der Waals surface area contributed by atoms with Crippen LogP contribution >= 0.6 is 12.4 Å². The van der Waals surface area contributed by atoms with Gasteiger partial charge in [0.2, 0.25) is 0 Å². The Morgan fingerprint density at radius 3 is 1.96 bits per heavy atom. The van der Waals surface area contributed by atoms with Gasteiger partial charge in [-0.2, -0.15) is 0 Å². The van der Waals surface area contributed by atoms with Crippen molar-refractivity contribution < 1.29 is 0 Å². The number of nitrogens with one attached hydrogen (secondary N) is 2. The molecule has 0 aromatic heterocycles. The lowest BCUT2D eigenvalue weighted by Crippen LogP contribution is -2.24. The van der Waals surface area contributed by atoms with Crippen LogP contribution in [-0.2, 0) is 6.54 Å². The largest absolute Gasteiger partial charge is 0.313 e. The SMILES string of the molecule is Cl.NNCCCCNCc1c2ccccc2cc2ccccc12. The zero-order valence-electron chi connectivity index (χ0n) is 13.2. The quantitative estimate of drug-likeness (QED) is 0.268. The molecule has 23 heavy (non-hydrogen) atoms. The van der Waals surface area contributed by atoms with Gasteiger partial charge in [0.25, 0.3) is 0 Å². The van der Waals surface area contributed by atoms with Gasteiger partial charge >= 0.3 is 0 Å². The zero-order valence-corrected chi connectivity index (χ0v) is 14.0. The molecule has 0 aliphatic heterocycles. The third-order valence-electron chi connectivity index (χ3n) is 4.11. The van der Waals surface area contributed by atoms with Crippen LogP contribution < -0.4 is 16.6 Å². The molecule has 0 radical (unpaired) electrons. The summed E-state index contributed by atoms with van der Waals surface area (Å²) in [7, 11) is 0. The van der Waals surface area contributed by atoms with Crippen molar-refractivity contribution in [2.24, 2.45) is 5.84 Å². The molecule has 4 N–H and O–H groups in total. The Bertz CT molecular complexity index is 704. The predicted octanol–water partition coefficient (Wildman–Crippen LogP) is 3.75.